The van der Waals surface area contributed by atoms with E-state index in [-0.39, 0.29) is 16.7 Å². The molecule has 2 amide bonds. The topological polar surface area (TPSA) is 66.5 Å². The van der Waals surface area contributed by atoms with Crippen molar-refractivity contribution in [2.75, 3.05) is 16.8 Å². The van der Waals surface area contributed by atoms with Crippen LogP contribution in [0.15, 0.2) is 47.8 Å². The number of Topliss-reactive ketones (excluding diaryl/α,β-unsaturated/α-hetero) is 1. The lowest BCUT2D eigenvalue weighted by molar-refractivity contribution is 0.0975. The van der Waals surface area contributed by atoms with Gasteiger partial charge in [0.15, 0.2) is 5.78 Å². The van der Waals surface area contributed by atoms with Crippen LogP contribution < -0.4 is 10.2 Å². The molecule has 5 nitrogen and oxygen atoms in total. The van der Waals surface area contributed by atoms with Crippen LogP contribution in [0.1, 0.15) is 48.8 Å². The van der Waals surface area contributed by atoms with Crippen LogP contribution in [0.25, 0.3) is 0 Å². The summed E-state index contributed by atoms with van der Waals surface area (Å²) in [5.41, 5.74) is 2.15. The number of hydrogen-bond donors (Lipinski definition) is 1. The number of benzene rings is 2. The van der Waals surface area contributed by atoms with E-state index in [0.29, 0.717) is 52.3 Å². The molecule has 31 heavy (non-hydrogen) atoms. The number of fused-ring (bicyclic) bond motifs is 1. The monoisotopic (exact) mass is 456 g/mol. The molecule has 1 N–H and O–H groups in total. The molecule has 158 valence electrons. The molecule has 0 saturated carbocycles. The average molecular weight is 457 g/mol. The van der Waals surface area contributed by atoms with E-state index in [1.807, 2.05) is 0 Å². The number of nitrogens with zero attached hydrogens (tertiary/aromatic N) is 1. The SMILES string of the molecule is Cc1cc(F)ccc1C(=O)Nc1ccc(C(=O)N2CCCC(=O)c3sccc32)cc1Cl. The maximum atomic E-state index is 13.3. The minimum Gasteiger partial charge on any atom is -0.321 e. The highest BCUT2D eigenvalue weighted by molar-refractivity contribution is 7.12. The molecule has 1 aliphatic heterocycles. The summed E-state index contributed by atoms with van der Waals surface area (Å²) in [6.45, 7) is 2.08. The lowest BCUT2D eigenvalue weighted by Gasteiger charge is -2.21. The zero-order chi connectivity index (χ0) is 22.1. The van der Waals surface area contributed by atoms with Gasteiger partial charge in [0, 0.05) is 24.1 Å². The highest BCUT2D eigenvalue weighted by atomic mass is 35.5. The molecule has 1 aromatic heterocycles. The Bertz CT molecular complexity index is 1210. The molecule has 1 aliphatic rings. The van der Waals surface area contributed by atoms with Gasteiger partial charge in [0.2, 0.25) is 0 Å². The van der Waals surface area contributed by atoms with Gasteiger partial charge in [-0.2, -0.15) is 0 Å². The number of carbonyl (C=O) groups is 3. The van der Waals surface area contributed by atoms with Crippen LogP contribution in [-0.4, -0.2) is 24.1 Å². The second-order valence-electron chi connectivity index (χ2n) is 7.23. The van der Waals surface area contributed by atoms with Crippen molar-refractivity contribution in [3.63, 3.8) is 0 Å². The smallest absolute Gasteiger partial charge is 0.258 e. The summed E-state index contributed by atoms with van der Waals surface area (Å²) < 4.78 is 13.3. The van der Waals surface area contributed by atoms with E-state index in [0.717, 1.165) is 0 Å². The predicted octanol–water partition coefficient (Wildman–Crippen LogP) is 5.72. The molecule has 0 aliphatic carbocycles. The zero-order valence-electron chi connectivity index (χ0n) is 16.6. The van der Waals surface area contributed by atoms with E-state index in [1.165, 1.54) is 35.6 Å². The second kappa shape index (κ2) is 8.61. The van der Waals surface area contributed by atoms with Crippen molar-refractivity contribution in [3.05, 3.63) is 80.3 Å². The molecule has 4 rings (SSSR count). The molecule has 0 fully saturated rings. The molecular weight excluding hydrogens is 439 g/mol. The number of rotatable bonds is 3. The standard InChI is InChI=1S/C23H18ClFN2O3S/c1-13-11-15(25)5-6-16(13)22(29)26-18-7-4-14(12-17(18)24)23(30)27-9-2-3-20(28)21-19(27)8-10-31-21/h4-8,10-12H,2-3,9H2,1H3,(H,26,29). The third kappa shape index (κ3) is 4.24. The van der Waals surface area contributed by atoms with E-state index in [4.69, 9.17) is 11.6 Å². The van der Waals surface area contributed by atoms with Crippen molar-refractivity contribution in [2.24, 2.45) is 0 Å². The Balaban J connectivity index is 1.56. The molecule has 2 heterocycles. The summed E-state index contributed by atoms with van der Waals surface area (Å²) in [7, 11) is 0. The number of aryl methyl sites for hydroxylation is 1. The van der Waals surface area contributed by atoms with Gasteiger partial charge < -0.3 is 10.2 Å². The van der Waals surface area contributed by atoms with Crippen LogP contribution in [0.4, 0.5) is 15.8 Å². The number of carbonyl (C=O) groups excluding carboxylic acids is 3. The molecule has 8 heteroatoms. The molecule has 0 saturated heterocycles. The molecular formula is C23H18ClFN2O3S. The number of hydrogen-bond acceptors (Lipinski definition) is 4. The predicted molar refractivity (Wildman–Crippen MR) is 120 cm³/mol. The summed E-state index contributed by atoms with van der Waals surface area (Å²) in [5.74, 6) is -1.05. The van der Waals surface area contributed by atoms with Crippen LogP contribution in [0.5, 0.6) is 0 Å². The van der Waals surface area contributed by atoms with Gasteiger partial charge in [0.05, 0.1) is 21.3 Å². The van der Waals surface area contributed by atoms with Gasteiger partial charge in [0.1, 0.15) is 5.82 Å². The number of amides is 2. The zero-order valence-corrected chi connectivity index (χ0v) is 18.1. The van der Waals surface area contributed by atoms with Crippen molar-refractivity contribution in [1.29, 1.82) is 0 Å². The summed E-state index contributed by atoms with van der Waals surface area (Å²) in [5, 5.41) is 4.71. The van der Waals surface area contributed by atoms with Crippen LogP contribution in [-0.2, 0) is 0 Å². The largest absolute Gasteiger partial charge is 0.321 e. The van der Waals surface area contributed by atoms with Gasteiger partial charge in [-0.05, 0) is 66.8 Å². The van der Waals surface area contributed by atoms with Crippen molar-refractivity contribution >= 4 is 51.9 Å². The fourth-order valence-electron chi connectivity index (χ4n) is 3.54. The molecule has 0 atom stereocenters. The van der Waals surface area contributed by atoms with Crippen molar-refractivity contribution in [1.82, 2.24) is 0 Å². The first-order valence-electron chi connectivity index (χ1n) is 9.65. The Hall–Kier alpha value is -3.03. The third-order valence-electron chi connectivity index (χ3n) is 5.12. The number of anilines is 2. The quantitative estimate of drug-likeness (QED) is 0.547. The van der Waals surface area contributed by atoms with Crippen LogP contribution in [0.3, 0.4) is 0 Å². The fourth-order valence-corrected chi connectivity index (χ4v) is 4.64. The lowest BCUT2D eigenvalue weighted by Crippen LogP contribution is -2.31. The summed E-state index contributed by atoms with van der Waals surface area (Å²) in [4.78, 5) is 40.1. The van der Waals surface area contributed by atoms with E-state index < -0.39 is 11.7 Å². The Morgan fingerprint density at radius 2 is 1.97 bits per heavy atom. The molecule has 0 bridgehead atoms. The Morgan fingerprint density at radius 1 is 1.16 bits per heavy atom. The maximum Gasteiger partial charge on any atom is 0.258 e. The van der Waals surface area contributed by atoms with Gasteiger partial charge >= 0.3 is 0 Å². The number of halogens is 2. The first kappa shape index (κ1) is 21.2. The number of nitrogens with one attached hydrogen (secondary N) is 1. The third-order valence-corrected chi connectivity index (χ3v) is 6.37. The molecule has 0 spiro atoms. The molecule has 2 aromatic carbocycles. The summed E-state index contributed by atoms with van der Waals surface area (Å²) in [6, 6.07) is 10.3. The van der Waals surface area contributed by atoms with Gasteiger partial charge in [-0.15, -0.1) is 11.3 Å². The first-order chi connectivity index (χ1) is 14.8. The van der Waals surface area contributed by atoms with Gasteiger partial charge in [-0.1, -0.05) is 11.6 Å². The Labute approximate surface area is 187 Å². The van der Waals surface area contributed by atoms with Crippen molar-refractivity contribution in [2.45, 2.75) is 19.8 Å². The minimum atomic E-state index is -0.424. The Morgan fingerprint density at radius 3 is 2.71 bits per heavy atom. The Kier molecular flexibility index (Phi) is 5.89. The number of ketones is 1. The van der Waals surface area contributed by atoms with Crippen LogP contribution in [0, 0.1) is 12.7 Å². The molecule has 0 radical (unpaired) electrons. The van der Waals surface area contributed by atoms with Crippen molar-refractivity contribution in [3.8, 4) is 0 Å². The van der Waals surface area contributed by atoms with E-state index in [1.54, 1.807) is 35.4 Å². The normalized spacial score (nSPS) is 13.5. The molecule has 3 aromatic rings. The van der Waals surface area contributed by atoms with Crippen molar-refractivity contribution < 1.29 is 18.8 Å². The van der Waals surface area contributed by atoms with Crippen LogP contribution >= 0.6 is 22.9 Å². The highest BCUT2D eigenvalue weighted by Crippen LogP contribution is 2.33. The van der Waals surface area contributed by atoms with Gasteiger partial charge in [0.25, 0.3) is 11.8 Å². The molecule has 0 unspecified atom stereocenters. The van der Waals surface area contributed by atoms with Gasteiger partial charge in [-0.25, -0.2) is 4.39 Å². The minimum absolute atomic E-state index is 0.0486. The van der Waals surface area contributed by atoms with E-state index in [2.05, 4.69) is 5.32 Å². The second-order valence-corrected chi connectivity index (χ2v) is 8.55. The lowest BCUT2D eigenvalue weighted by atomic mass is 10.1. The maximum absolute atomic E-state index is 13.3. The van der Waals surface area contributed by atoms with Gasteiger partial charge in [-0.3, -0.25) is 14.4 Å². The summed E-state index contributed by atoms with van der Waals surface area (Å²) >= 11 is 7.68. The van der Waals surface area contributed by atoms with E-state index in [9.17, 15) is 18.8 Å². The highest BCUT2D eigenvalue weighted by Gasteiger charge is 2.27. The number of thiophene rings is 1. The first-order valence-corrected chi connectivity index (χ1v) is 10.9. The van der Waals surface area contributed by atoms with E-state index >= 15 is 0 Å². The fraction of sp³-hybridized carbons (Fsp3) is 0.174. The summed E-state index contributed by atoms with van der Waals surface area (Å²) in [6.07, 6.45) is 0.997. The average Bonchev–Trinajstić information content (AvgIpc) is 3.16. The van der Waals surface area contributed by atoms with Crippen LogP contribution in [0.2, 0.25) is 5.02 Å².